The molecule has 3 heterocycles. The molecule has 3 aliphatic heterocycles. The van der Waals surface area contributed by atoms with E-state index in [0.717, 1.165) is 105 Å². The number of amides is 2. The fraction of sp³-hybridized carbons (Fsp3) is 0.433. The van der Waals surface area contributed by atoms with Crippen LogP contribution in [0.15, 0.2) is 114 Å². The van der Waals surface area contributed by atoms with E-state index in [4.69, 9.17) is 19.9 Å². The predicted molar refractivity (Wildman–Crippen MR) is 316 cm³/mol. The molecule has 0 spiro atoms. The Balaban J connectivity index is 0.000000879. The van der Waals surface area contributed by atoms with Crippen molar-refractivity contribution < 1.29 is 44.9 Å². The number of anilines is 5. The number of nitrogens with one attached hydrogen (secondary N) is 3. The van der Waals surface area contributed by atoms with E-state index in [0.29, 0.717) is 12.2 Å². The van der Waals surface area contributed by atoms with Crippen molar-refractivity contribution in [2.75, 3.05) is 85.3 Å². The third-order valence-corrected chi connectivity index (χ3v) is 11.9. The van der Waals surface area contributed by atoms with Crippen molar-refractivity contribution in [2.45, 2.75) is 113 Å². The first kappa shape index (κ1) is 69.7. The summed E-state index contributed by atoms with van der Waals surface area (Å²) in [5.74, 6) is -0.0844. The summed E-state index contributed by atoms with van der Waals surface area (Å²) < 4.78 is 17.3. The normalized spacial score (nSPS) is 16.3. The molecule has 3 fully saturated rings. The van der Waals surface area contributed by atoms with Crippen molar-refractivity contribution >= 4 is 68.6 Å². The molecular formula is C60H87BrClN6O5Pt-3. The molecule has 0 unspecified atom stereocenters. The first-order valence-corrected chi connectivity index (χ1v) is 26.2. The molecule has 74 heavy (non-hydrogen) atoms. The van der Waals surface area contributed by atoms with Gasteiger partial charge in [-0.1, -0.05) is 78.5 Å². The van der Waals surface area contributed by atoms with Gasteiger partial charge in [0.15, 0.2) is 0 Å². The molecule has 8 rings (SSSR count). The molecule has 0 aromatic heterocycles. The summed E-state index contributed by atoms with van der Waals surface area (Å²) in [6.45, 7) is 35.2. The van der Waals surface area contributed by atoms with Crippen LogP contribution in [0.5, 0.6) is 0 Å². The Morgan fingerprint density at radius 2 is 1.16 bits per heavy atom. The number of nitrogens with two attached hydrogens (primary N) is 1. The number of carbonyl (C=O) groups is 2. The second-order valence-corrected chi connectivity index (χ2v) is 18.7. The van der Waals surface area contributed by atoms with E-state index < -0.39 is 0 Å². The van der Waals surface area contributed by atoms with Crippen molar-refractivity contribution in [2.24, 2.45) is 0 Å². The zero-order chi connectivity index (χ0) is 53.3. The van der Waals surface area contributed by atoms with Crippen molar-refractivity contribution in [3.05, 3.63) is 150 Å². The number of nitrogen functional groups attached to an aromatic ring is 1. The van der Waals surface area contributed by atoms with E-state index in [9.17, 15) is 9.59 Å². The standard InChI is InChI=1S/C14H20N2O2.C12H18N2O.C12H9.C9H10BrNO.C5H11NO.2C4H9.ClH.Pt/c1-10-8-13(15-12(3)17)4-5-14(10)16-6-7-18-11(2)9-16;1-9-7-11(13)3-4-12(9)14-5-6-15-10(2)8-14;1-3-7-11(8-4-1)12-9-5-2-6-10-12;1-6-5-8(11-7(2)12)3-4-9(6)10;1-5-4-6-2-3-7-5;2*1-3-4-2;;/h4-5,8,11H,6-7,9H2,1-3H3,(H,15,17);3-4,7,10H,5-6,8,13H2,1-2H3;1-9H;3-5H,1-2H3,(H,11,12);5-6H,2-4H2,1H3;2*1,3-4H2,2H3;1H;/q;;-1;;;2*-1;;/t11-;10-;;;5-;;;;/m11..1..../s1. The van der Waals surface area contributed by atoms with Gasteiger partial charge in [0.05, 0.1) is 38.1 Å². The largest absolute Gasteiger partial charge is 0.399 e. The van der Waals surface area contributed by atoms with E-state index in [-0.39, 0.29) is 51.4 Å². The summed E-state index contributed by atoms with van der Waals surface area (Å²) in [6, 6.07) is 39.3. The maximum Gasteiger partial charge on any atom is 0.221 e. The summed E-state index contributed by atoms with van der Waals surface area (Å²) in [5, 5.41) is 8.72. The monoisotopic (exact) mass is 1280 g/mol. The van der Waals surface area contributed by atoms with Crippen LogP contribution in [0.4, 0.5) is 28.4 Å². The minimum Gasteiger partial charge on any atom is -0.399 e. The van der Waals surface area contributed by atoms with E-state index >= 15 is 0 Å². The molecule has 5 aromatic rings. The molecule has 0 aliphatic carbocycles. The molecule has 414 valence electrons. The molecule has 5 aromatic carbocycles. The summed E-state index contributed by atoms with van der Waals surface area (Å²) in [6.07, 6.45) is 5.57. The molecule has 14 heteroatoms. The smallest absolute Gasteiger partial charge is 0.221 e. The minimum absolute atomic E-state index is 0. The quantitative estimate of drug-likeness (QED) is 0.0929. The summed E-state index contributed by atoms with van der Waals surface area (Å²) in [7, 11) is 0. The molecule has 11 nitrogen and oxygen atoms in total. The third-order valence-electron chi connectivity index (χ3n) is 11.0. The topological polar surface area (TPSA) is 130 Å². The number of halogens is 2. The Bertz CT molecular complexity index is 2210. The van der Waals surface area contributed by atoms with E-state index in [1.807, 2.05) is 85.8 Å². The molecule has 0 saturated carbocycles. The van der Waals surface area contributed by atoms with E-state index in [1.165, 1.54) is 54.8 Å². The third kappa shape index (κ3) is 29.7. The summed E-state index contributed by atoms with van der Waals surface area (Å²) in [5.41, 5.74) is 16.7. The van der Waals surface area contributed by atoms with Crippen LogP contribution in [0.3, 0.4) is 0 Å². The molecule has 2 amide bonds. The number of benzene rings is 5. The number of carbonyl (C=O) groups excluding carboxylic acids is 2. The molecule has 0 radical (unpaired) electrons. The van der Waals surface area contributed by atoms with Gasteiger partial charge in [0, 0.05) is 107 Å². The van der Waals surface area contributed by atoms with Crippen LogP contribution in [0, 0.1) is 40.7 Å². The Morgan fingerprint density at radius 1 is 0.689 bits per heavy atom. The first-order chi connectivity index (χ1) is 34.5. The van der Waals surface area contributed by atoms with Crippen LogP contribution in [-0.2, 0) is 44.9 Å². The average molecular weight is 1280 g/mol. The fourth-order valence-corrected chi connectivity index (χ4v) is 7.46. The number of aryl methyl sites for hydroxylation is 3. The maximum atomic E-state index is 11.0. The van der Waals surface area contributed by atoms with Gasteiger partial charge in [0.25, 0.3) is 0 Å². The predicted octanol–water partition coefficient (Wildman–Crippen LogP) is 13.5. The Morgan fingerprint density at radius 3 is 1.55 bits per heavy atom. The van der Waals surface area contributed by atoms with Crippen LogP contribution in [0.1, 0.15) is 90.8 Å². The molecular weight excluding hydrogens is 1200 g/mol. The van der Waals surface area contributed by atoms with E-state index in [1.54, 1.807) is 0 Å². The summed E-state index contributed by atoms with van der Waals surface area (Å²) in [4.78, 5) is 26.4. The van der Waals surface area contributed by atoms with Crippen LogP contribution in [-0.4, -0.2) is 89.2 Å². The maximum absolute atomic E-state index is 11.0. The Labute approximate surface area is 475 Å². The number of morpholine rings is 3. The Hall–Kier alpha value is -4.26. The number of ether oxygens (including phenoxy) is 3. The fourth-order valence-electron chi connectivity index (χ4n) is 7.21. The van der Waals surface area contributed by atoms with Gasteiger partial charge in [0.2, 0.25) is 11.8 Å². The van der Waals surface area contributed by atoms with Crippen LogP contribution in [0.25, 0.3) is 11.1 Å². The Kier molecular flexibility index (Phi) is 38.6. The molecule has 5 N–H and O–H groups in total. The van der Waals surface area contributed by atoms with Crippen molar-refractivity contribution in [1.29, 1.82) is 0 Å². The zero-order valence-corrected chi connectivity index (χ0v) is 50.5. The summed E-state index contributed by atoms with van der Waals surface area (Å²) >= 11 is 3.38. The van der Waals surface area contributed by atoms with E-state index in [2.05, 4.69) is 140 Å². The average Bonchev–Trinajstić information content (AvgIpc) is 3.36. The SMILES string of the molecule is CC(=O)Nc1ccc(Br)c(C)c1.CC(=O)Nc1ccc(N2CCO[C@H](C)C2)c(C)c1.C[C@@H]1CNCCO1.Cc1cc(N)ccc1N1CCO[C@H](C)C1.Cl.[CH2-]CCC.[CH2-]CCC.[Pt].[c-]1ccccc1-c1ccccc1. The van der Waals surface area contributed by atoms with Gasteiger partial charge < -0.3 is 59.5 Å². The number of nitrogens with zero attached hydrogens (tertiary/aromatic N) is 2. The van der Waals surface area contributed by atoms with Crippen molar-refractivity contribution in [3.8, 4) is 11.1 Å². The second kappa shape index (κ2) is 41.0. The van der Waals surface area contributed by atoms with Gasteiger partial charge >= 0.3 is 0 Å². The van der Waals surface area contributed by atoms with Gasteiger partial charge in [-0.25, -0.2) is 0 Å². The van der Waals surface area contributed by atoms with Gasteiger partial charge in [-0.3, -0.25) is 9.59 Å². The second-order valence-electron chi connectivity index (χ2n) is 17.9. The van der Waals surface area contributed by atoms with Gasteiger partial charge in [-0.2, -0.15) is 12.8 Å². The minimum atomic E-state index is -0.0447. The number of unbranched alkanes of at least 4 members (excludes halogenated alkanes) is 2. The molecule has 3 saturated heterocycles. The van der Waals surface area contributed by atoms with Gasteiger partial charge in [-0.15, -0.1) is 48.3 Å². The number of hydrogen-bond donors (Lipinski definition) is 4. The zero-order valence-electron chi connectivity index (χ0n) is 45.8. The van der Waals surface area contributed by atoms with Crippen LogP contribution in [0.2, 0.25) is 0 Å². The molecule has 3 atom stereocenters. The van der Waals surface area contributed by atoms with Crippen LogP contribution >= 0.6 is 28.3 Å². The van der Waals surface area contributed by atoms with Gasteiger partial charge in [0.1, 0.15) is 0 Å². The number of rotatable bonds is 7. The molecule has 3 aliphatic rings. The molecule has 0 bridgehead atoms. The van der Waals surface area contributed by atoms with Crippen molar-refractivity contribution in [1.82, 2.24) is 5.32 Å². The van der Waals surface area contributed by atoms with Crippen LogP contribution < -0.4 is 31.5 Å². The number of hydrogen-bond acceptors (Lipinski definition) is 9. The first-order valence-electron chi connectivity index (χ1n) is 25.5. The van der Waals surface area contributed by atoms with Gasteiger partial charge in [-0.05, 0) is 113 Å². The van der Waals surface area contributed by atoms with Crippen molar-refractivity contribution in [3.63, 3.8) is 0 Å².